The van der Waals surface area contributed by atoms with E-state index >= 15 is 0 Å². The highest BCUT2D eigenvalue weighted by Crippen LogP contribution is 2.22. The fourth-order valence-corrected chi connectivity index (χ4v) is 3.62. The van der Waals surface area contributed by atoms with E-state index in [4.69, 9.17) is 5.73 Å². The van der Waals surface area contributed by atoms with Crippen LogP contribution in [0.2, 0.25) is 0 Å². The molecule has 0 spiro atoms. The van der Waals surface area contributed by atoms with Crippen LogP contribution >= 0.6 is 11.8 Å². The molecule has 0 aromatic carbocycles. The number of likely N-dealkylation sites (tertiary alicyclic amines) is 1. The predicted octanol–water partition coefficient (Wildman–Crippen LogP) is 3.19. The molecule has 1 fully saturated rings. The van der Waals surface area contributed by atoms with Crippen LogP contribution in [0, 0.1) is 5.92 Å². The molecule has 0 aromatic heterocycles. The predicted molar refractivity (Wildman–Crippen MR) is 93.8 cm³/mol. The molecular weight excluding hydrogens is 296 g/mol. The summed E-state index contributed by atoms with van der Waals surface area (Å²) in [5.41, 5.74) is 5.47. The quantitative estimate of drug-likeness (QED) is 0.559. The van der Waals surface area contributed by atoms with Crippen molar-refractivity contribution in [2.75, 3.05) is 25.4 Å². The first-order valence-corrected chi connectivity index (χ1v) is 9.73. The fraction of sp³-hybridized carbons (Fsp3) is 0.882. The number of nitrogens with zero attached hydrogens (tertiary/aromatic N) is 1. The molecule has 1 unspecified atom stereocenters. The molecule has 0 radical (unpaired) electrons. The van der Waals surface area contributed by atoms with E-state index < -0.39 is 0 Å². The first kappa shape index (κ1) is 19.5. The summed E-state index contributed by atoms with van der Waals surface area (Å²) in [7, 11) is 0. The number of amides is 1. The zero-order valence-electron chi connectivity index (χ0n) is 14.0. The lowest BCUT2D eigenvalue weighted by atomic mass is 10.1. The Balaban J connectivity index is 1.98. The highest BCUT2D eigenvalue weighted by atomic mass is 32.2. The summed E-state index contributed by atoms with van der Waals surface area (Å²) in [6.45, 7) is 4.15. The van der Waals surface area contributed by atoms with Gasteiger partial charge in [0.2, 0.25) is 5.91 Å². The topological polar surface area (TPSA) is 63.4 Å². The van der Waals surface area contributed by atoms with Crippen LogP contribution in [-0.4, -0.2) is 41.3 Å². The Morgan fingerprint density at radius 2 is 1.73 bits per heavy atom. The van der Waals surface area contributed by atoms with Gasteiger partial charge in [0.25, 0.3) is 0 Å². The Morgan fingerprint density at radius 3 is 2.32 bits per heavy atom. The molecule has 5 heteroatoms. The van der Waals surface area contributed by atoms with Crippen molar-refractivity contribution >= 4 is 22.8 Å². The first-order valence-electron chi connectivity index (χ1n) is 8.74. The highest BCUT2D eigenvalue weighted by molar-refractivity contribution is 8.13. The number of nitrogens with two attached hydrogens (primary N) is 1. The second-order valence-corrected chi connectivity index (χ2v) is 7.53. The van der Waals surface area contributed by atoms with Crippen molar-refractivity contribution in [2.24, 2.45) is 11.7 Å². The van der Waals surface area contributed by atoms with Gasteiger partial charge in [0.05, 0.1) is 0 Å². The summed E-state index contributed by atoms with van der Waals surface area (Å²) in [5.74, 6) is 1.43. The summed E-state index contributed by atoms with van der Waals surface area (Å²) >= 11 is 1.35. The van der Waals surface area contributed by atoms with Gasteiger partial charge >= 0.3 is 0 Å². The smallest absolute Gasteiger partial charge is 0.222 e. The number of carbonyl (C=O) groups is 2. The number of hydrogen-bond donors (Lipinski definition) is 1. The van der Waals surface area contributed by atoms with Crippen LogP contribution in [0.15, 0.2) is 0 Å². The van der Waals surface area contributed by atoms with E-state index in [2.05, 4.69) is 0 Å². The van der Waals surface area contributed by atoms with Crippen molar-refractivity contribution in [3.05, 3.63) is 0 Å². The van der Waals surface area contributed by atoms with Crippen LogP contribution < -0.4 is 5.73 Å². The van der Waals surface area contributed by atoms with E-state index in [1.54, 1.807) is 6.92 Å². The molecule has 0 saturated carbocycles. The number of rotatable bonds is 12. The summed E-state index contributed by atoms with van der Waals surface area (Å²) in [4.78, 5) is 24.9. The van der Waals surface area contributed by atoms with Crippen LogP contribution in [0.1, 0.15) is 64.7 Å². The van der Waals surface area contributed by atoms with Gasteiger partial charge in [-0.25, -0.2) is 0 Å². The van der Waals surface area contributed by atoms with Gasteiger partial charge in [-0.2, -0.15) is 0 Å². The van der Waals surface area contributed by atoms with Crippen molar-refractivity contribution in [1.29, 1.82) is 0 Å². The van der Waals surface area contributed by atoms with E-state index in [0.717, 1.165) is 38.2 Å². The third-order valence-corrected chi connectivity index (χ3v) is 5.24. The van der Waals surface area contributed by atoms with E-state index in [1.165, 1.54) is 50.3 Å². The Bertz CT molecular complexity index is 337. The van der Waals surface area contributed by atoms with Gasteiger partial charge in [-0.15, -0.1) is 0 Å². The molecule has 22 heavy (non-hydrogen) atoms. The molecule has 4 nitrogen and oxygen atoms in total. The van der Waals surface area contributed by atoms with Gasteiger partial charge in [0.1, 0.15) is 0 Å². The van der Waals surface area contributed by atoms with Gasteiger partial charge in [0.15, 0.2) is 5.12 Å². The third kappa shape index (κ3) is 8.79. The minimum absolute atomic E-state index is 0.150. The number of carbonyl (C=O) groups excluding carboxylic acids is 2. The largest absolute Gasteiger partial charge is 0.342 e. The minimum Gasteiger partial charge on any atom is -0.342 e. The summed E-state index contributed by atoms with van der Waals surface area (Å²) in [6, 6.07) is 0. The highest BCUT2D eigenvalue weighted by Gasteiger charge is 2.29. The Kier molecular flexibility index (Phi) is 10.6. The summed E-state index contributed by atoms with van der Waals surface area (Å²) in [6.07, 6.45) is 10.6. The zero-order valence-corrected chi connectivity index (χ0v) is 14.8. The lowest BCUT2D eigenvalue weighted by Crippen LogP contribution is -2.26. The van der Waals surface area contributed by atoms with Crippen molar-refractivity contribution in [3.63, 3.8) is 0 Å². The van der Waals surface area contributed by atoms with Crippen LogP contribution in [0.25, 0.3) is 0 Å². The number of unbranched alkanes of at least 4 members (excludes halogenated alkanes) is 7. The van der Waals surface area contributed by atoms with E-state index in [0.29, 0.717) is 12.3 Å². The van der Waals surface area contributed by atoms with Gasteiger partial charge in [-0.3, -0.25) is 9.59 Å². The second-order valence-electron chi connectivity index (χ2n) is 6.33. The molecule has 2 N–H and O–H groups in total. The van der Waals surface area contributed by atoms with Gasteiger partial charge in [0, 0.05) is 32.2 Å². The second kappa shape index (κ2) is 11.9. The lowest BCUT2D eigenvalue weighted by Gasteiger charge is -2.16. The number of hydrogen-bond acceptors (Lipinski definition) is 4. The van der Waals surface area contributed by atoms with Crippen molar-refractivity contribution in [3.8, 4) is 0 Å². The molecule has 0 aliphatic carbocycles. The molecule has 1 atom stereocenters. The third-order valence-electron chi connectivity index (χ3n) is 4.20. The molecule has 1 rings (SSSR count). The maximum absolute atomic E-state index is 11.9. The Labute approximate surface area is 139 Å². The van der Waals surface area contributed by atoms with Crippen molar-refractivity contribution < 1.29 is 9.59 Å². The zero-order chi connectivity index (χ0) is 16.2. The summed E-state index contributed by atoms with van der Waals surface area (Å²) < 4.78 is 0. The van der Waals surface area contributed by atoms with E-state index in [9.17, 15) is 9.59 Å². The average molecular weight is 329 g/mol. The van der Waals surface area contributed by atoms with E-state index in [1.807, 2.05) is 4.90 Å². The molecule has 0 bridgehead atoms. The normalized spacial score (nSPS) is 18.2. The number of thioether (sulfide) groups is 1. The lowest BCUT2D eigenvalue weighted by molar-refractivity contribution is -0.127. The van der Waals surface area contributed by atoms with Gasteiger partial charge in [-0.1, -0.05) is 50.3 Å². The molecule has 1 amide bonds. The summed E-state index contributed by atoms with van der Waals surface area (Å²) in [5, 5.41) is 0.150. The fourth-order valence-electron chi connectivity index (χ4n) is 2.92. The van der Waals surface area contributed by atoms with E-state index in [-0.39, 0.29) is 11.0 Å². The van der Waals surface area contributed by atoms with Crippen LogP contribution in [-0.2, 0) is 9.59 Å². The molecule has 1 aliphatic rings. The first-order chi connectivity index (χ1) is 10.6. The molecule has 1 heterocycles. The maximum atomic E-state index is 11.9. The minimum atomic E-state index is 0.150. The molecule has 0 aromatic rings. The molecule has 128 valence electrons. The van der Waals surface area contributed by atoms with Crippen molar-refractivity contribution in [1.82, 2.24) is 4.90 Å². The van der Waals surface area contributed by atoms with Crippen molar-refractivity contribution in [2.45, 2.75) is 64.7 Å². The van der Waals surface area contributed by atoms with Gasteiger partial charge < -0.3 is 10.6 Å². The Hall–Kier alpha value is -0.550. The van der Waals surface area contributed by atoms with Crippen LogP contribution in [0.3, 0.4) is 0 Å². The molecule has 1 aliphatic heterocycles. The SMILES string of the molecule is CC(=O)SCC1CC(=O)N(CCCCCCCCCCN)C1. The standard InChI is InChI=1S/C17H32N2O2S/c1-15(20)22-14-16-12-17(21)19(13-16)11-9-7-5-3-2-4-6-8-10-18/h16H,2-14,18H2,1H3. The molecular formula is C17H32N2O2S. The molecule has 1 saturated heterocycles. The van der Waals surface area contributed by atoms with Crippen LogP contribution in [0.5, 0.6) is 0 Å². The van der Waals surface area contributed by atoms with Gasteiger partial charge in [-0.05, 0) is 25.3 Å². The monoisotopic (exact) mass is 328 g/mol. The Morgan fingerprint density at radius 1 is 1.14 bits per heavy atom. The van der Waals surface area contributed by atoms with Crippen LogP contribution in [0.4, 0.5) is 0 Å². The maximum Gasteiger partial charge on any atom is 0.222 e. The average Bonchev–Trinajstić information content (AvgIpc) is 2.84.